The fourth-order valence-corrected chi connectivity index (χ4v) is 5.51. The Morgan fingerprint density at radius 3 is 2.70 bits per heavy atom. The average Bonchev–Trinajstić information content (AvgIpc) is 3.48. The molecule has 1 aliphatic rings. The second-order valence-electron chi connectivity index (χ2n) is 9.79. The summed E-state index contributed by atoms with van der Waals surface area (Å²) in [5.74, 6) is 0.201. The van der Waals surface area contributed by atoms with E-state index in [1.807, 2.05) is 45.8 Å². The number of rotatable bonds is 6. The summed E-state index contributed by atoms with van der Waals surface area (Å²) < 4.78 is 18.3. The minimum atomic E-state index is -0.206. The van der Waals surface area contributed by atoms with E-state index in [4.69, 9.17) is 10.8 Å². The molecule has 0 saturated heterocycles. The summed E-state index contributed by atoms with van der Waals surface area (Å²) in [6, 6.07) is 15.5. The molecule has 8 nitrogen and oxygen atoms in total. The topological polar surface area (TPSA) is 107 Å². The Hall–Kier alpha value is -3.82. The van der Waals surface area contributed by atoms with E-state index in [0.717, 1.165) is 58.9 Å². The molecule has 0 unspecified atom stereocenters. The first-order valence-corrected chi connectivity index (χ1v) is 12.6. The summed E-state index contributed by atoms with van der Waals surface area (Å²) in [4.78, 5) is 8.81. The first-order valence-electron chi connectivity index (χ1n) is 12.6. The number of nitrogen functional groups attached to an aromatic ring is 1. The molecule has 1 fully saturated rings. The minimum Gasteiger partial charge on any atom is -0.383 e. The maximum atomic E-state index is 14.2. The molecule has 0 amide bonds. The van der Waals surface area contributed by atoms with Crippen LogP contribution in [0.4, 0.5) is 10.2 Å². The number of fused-ring (bicyclic) bond motifs is 2. The van der Waals surface area contributed by atoms with Gasteiger partial charge in [-0.1, -0.05) is 24.3 Å². The molecule has 189 valence electrons. The van der Waals surface area contributed by atoms with E-state index in [9.17, 15) is 9.50 Å². The monoisotopic (exact) mass is 498 g/mol. The van der Waals surface area contributed by atoms with Gasteiger partial charge < -0.3 is 15.4 Å². The SMILES string of the molecule is C[C](O)NC1CCC(n2nc(-c3ccc4c(ccn4Cc4ccccc4F)c3)c3c(N)ncnc32)CC1. The Morgan fingerprint density at radius 1 is 1.11 bits per heavy atom. The molecule has 2 aromatic carbocycles. The highest BCUT2D eigenvalue weighted by Crippen LogP contribution is 2.37. The molecule has 1 aliphatic carbocycles. The van der Waals surface area contributed by atoms with Gasteiger partial charge in [-0.2, -0.15) is 5.10 Å². The standard InChI is InChI=1S/C28H29FN7O/c1-17(37)33-21-7-9-22(10-8-21)36-28-25(27(30)31-16-32-28)26(34-36)19-6-11-24-18(14-19)12-13-35(24)15-20-4-2-3-5-23(20)29/h2-6,11-14,16,21-22,33,37H,7-10,15H2,1H3,(H2,30,31,32). The fourth-order valence-electron chi connectivity index (χ4n) is 5.51. The highest BCUT2D eigenvalue weighted by Gasteiger charge is 2.27. The Bertz CT molecular complexity index is 1570. The summed E-state index contributed by atoms with van der Waals surface area (Å²) in [6.45, 7) is 2.13. The lowest BCUT2D eigenvalue weighted by Crippen LogP contribution is -2.35. The third-order valence-electron chi connectivity index (χ3n) is 7.32. The summed E-state index contributed by atoms with van der Waals surface area (Å²) in [5, 5.41) is 19.6. The van der Waals surface area contributed by atoms with Gasteiger partial charge in [0.15, 0.2) is 11.9 Å². The fraction of sp³-hybridized carbons (Fsp3) is 0.286. The van der Waals surface area contributed by atoms with E-state index in [0.29, 0.717) is 17.9 Å². The van der Waals surface area contributed by atoms with Crippen molar-refractivity contribution in [2.24, 2.45) is 0 Å². The molecule has 0 aliphatic heterocycles. The van der Waals surface area contributed by atoms with Gasteiger partial charge in [-0.05, 0) is 56.9 Å². The van der Waals surface area contributed by atoms with Gasteiger partial charge in [-0.25, -0.2) is 19.0 Å². The van der Waals surface area contributed by atoms with Crippen LogP contribution in [0.1, 0.15) is 44.2 Å². The molecule has 0 atom stereocenters. The molecule has 3 aromatic heterocycles. The molecular formula is C28H29FN7O. The van der Waals surface area contributed by atoms with Gasteiger partial charge in [-0.3, -0.25) is 5.32 Å². The minimum absolute atomic E-state index is 0.188. The molecule has 0 bridgehead atoms. The summed E-state index contributed by atoms with van der Waals surface area (Å²) in [6.07, 6.45) is 7.43. The van der Waals surface area contributed by atoms with Crippen LogP contribution in [0.2, 0.25) is 0 Å². The number of nitrogens with zero attached hydrogens (tertiary/aromatic N) is 5. The van der Waals surface area contributed by atoms with Crippen molar-refractivity contribution >= 4 is 27.8 Å². The van der Waals surface area contributed by atoms with Crippen LogP contribution in [0.25, 0.3) is 33.2 Å². The second kappa shape index (κ2) is 9.57. The van der Waals surface area contributed by atoms with Crippen LogP contribution in [0.5, 0.6) is 0 Å². The third kappa shape index (κ3) is 4.45. The van der Waals surface area contributed by atoms with Crippen LogP contribution in [-0.2, 0) is 6.54 Å². The molecule has 4 N–H and O–H groups in total. The van der Waals surface area contributed by atoms with Gasteiger partial charge >= 0.3 is 0 Å². The van der Waals surface area contributed by atoms with Gasteiger partial charge in [0.25, 0.3) is 0 Å². The molecule has 37 heavy (non-hydrogen) atoms. The van der Waals surface area contributed by atoms with Crippen molar-refractivity contribution in [2.45, 2.75) is 51.2 Å². The Balaban J connectivity index is 1.35. The number of hydrogen-bond donors (Lipinski definition) is 3. The molecule has 3 heterocycles. The number of anilines is 1. The first-order chi connectivity index (χ1) is 18.0. The maximum Gasteiger partial charge on any atom is 0.164 e. The van der Waals surface area contributed by atoms with Crippen molar-refractivity contribution in [1.29, 1.82) is 0 Å². The van der Waals surface area contributed by atoms with E-state index in [-0.39, 0.29) is 24.1 Å². The number of halogens is 1. The summed E-state index contributed by atoms with van der Waals surface area (Å²) in [7, 11) is 0. The zero-order valence-corrected chi connectivity index (χ0v) is 20.6. The number of aliphatic hydroxyl groups is 1. The van der Waals surface area contributed by atoms with Gasteiger partial charge in [-0.15, -0.1) is 0 Å². The normalized spacial score (nSPS) is 18.3. The van der Waals surface area contributed by atoms with Gasteiger partial charge in [0.05, 0.1) is 18.0 Å². The number of nitrogens with two attached hydrogens (primary N) is 1. The van der Waals surface area contributed by atoms with Crippen molar-refractivity contribution < 1.29 is 9.50 Å². The van der Waals surface area contributed by atoms with Gasteiger partial charge in [0.1, 0.15) is 23.7 Å². The molecule has 5 aromatic rings. The van der Waals surface area contributed by atoms with Crippen LogP contribution < -0.4 is 11.1 Å². The highest BCUT2D eigenvalue weighted by molar-refractivity contribution is 6.00. The first kappa shape index (κ1) is 23.6. The number of hydrogen-bond acceptors (Lipinski definition) is 6. The van der Waals surface area contributed by atoms with Crippen molar-refractivity contribution in [3.63, 3.8) is 0 Å². The predicted octanol–water partition coefficient (Wildman–Crippen LogP) is 5.17. The van der Waals surface area contributed by atoms with Gasteiger partial charge in [0, 0.05) is 34.3 Å². The van der Waals surface area contributed by atoms with E-state index in [1.165, 1.54) is 12.4 Å². The molecule has 0 spiro atoms. The lowest BCUT2D eigenvalue weighted by Gasteiger charge is -2.30. The van der Waals surface area contributed by atoms with E-state index < -0.39 is 0 Å². The number of benzene rings is 2. The molecular weight excluding hydrogens is 469 g/mol. The van der Waals surface area contributed by atoms with E-state index >= 15 is 0 Å². The summed E-state index contributed by atoms with van der Waals surface area (Å²) in [5.41, 5.74) is 10.4. The zero-order chi connectivity index (χ0) is 25.5. The lowest BCUT2D eigenvalue weighted by atomic mass is 9.91. The van der Waals surface area contributed by atoms with Crippen LogP contribution in [-0.4, -0.2) is 35.5 Å². The molecule has 1 radical (unpaired) electrons. The smallest absolute Gasteiger partial charge is 0.164 e. The number of aromatic nitrogens is 5. The maximum absolute atomic E-state index is 14.2. The van der Waals surface area contributed by atoms with E-state index in [1.54, 1.807) is 13.0 Å². The Labute approximate surface area is 214 Å². The summed E-state index contributed by atoms with van der Waals surface area (Å²) >= 11 is 0. The quantitative estimate of drug-likeness (QED) is 0.298. The number of nitrogens with one attached hydrogen (secondary N) is 1. The third-order valence-corrected chi connectivity index (χ3v) is 7.32. The predicted molar refractivity (Wildman–Crippen MR) is 141 cm³/mol. The van der Waals surface area contributed by atoms with E-state index in [2.05, 4.69) is 21.4 Å². The largest absolute Gasteiger partial charge is 0.383 e. The van der Waals surface area contributed by atoms with Crippen LogP contribution in [0.3, 0.4) is 0 Å². The van der Waals surface area contributed by atoms with Crippen LogP contribution in [0, 0.1) is 12.0 Å². The zero-order valence-electron chi connectivity index (χ0n) is 20.6. The molecule has 9 heteroatoms. The van der Waals surface area contributed by atoms with Crippen molar-refractivity contribution in [2.75, 3.05) is 5.73 Å². The van der Waals surface area contributed by atoms with Crippen molar-refractivity contribution in [3.8, 4) is 11.3 Å². The number of aliphatic hydroxyl groups excluding tert-OH is 1. The van der Waals surface area contributed by atoms with Crippen LogP contribution >= 0.6 is 0 Å². The Morgan fingerprint density at radius 2 is 1.92 bits per heavy atom. The Kier molecular flexibility index (Phi) is 6.10. The lowest BCUT2D eigenvalue weighted by molar-refractivity contribution is 0.211. The second-order valence-corrected chi connectivity index (χ2v) is 9.79. The van der Waals surface area contributed by atoms with Crippen molar-refractivity contribution in [3.05, 3.63) is 78.7 Å². The van der Waals surface area contributed by atoms with Gasteiger partial charge in [0.2, 0.25) is 0 Å². The highest BCUT2D eigenvalue weighted by atomic mass is 19.1. The average molecular weight is 499 g/mol. The molecule has 6 rings (SSSR count). The van der Waals surface area contributed by atoms with Crippen LogP contribution in [0.15, 0.2) is 61.1 Å². The van der Waals surface area contributed by atoms with Crippen molar-refractivity contribution in [1.82, 2.24) is 29.6 Å². The molecule has 1 saturated carbocycles.